The molecule has 2 aromatic rings. The van der Waals surface area contributed by atoms with Crippen molar-refractivity contribution in [3.8, 4) is 0 Å². The minimum absolute atomic E-state index is 0.0947. The number of pyridine rings is 1. The van der Waals surface area contributed by atoms with E-state index in [4.69, 9.17) is 4.74 Å². The van der Waals surface area contributed by atoms with Crippen LogP contribution in [0.4, 0.5) is 0 Å². The van der Waals surface area contributed by atoms with Gasteiger partial charge in [-0.15, -0.1) is 0 Å². The zero-order valence-corrected chi connectivity index (χ0v) is 13.9. The van der Waals surface area contributed by atoms with Crippen LogP contribution in [-0.4, -0.2) is 50.7 Å². The van der Waals surface area contributed by atoms with Gasteiger partial charge in [-0.1, -0.05) is 0 Å². The Morgan fingerprint density at radius 2 is 2.08 bits per heavy atom. The topological polar surface area (TPSA) is 104 Å². The number of amides is 1. The van der Waals surface area contributed by atoms with Gasteiger partial charge in [0, 0.05) is 37.9 Å². The maximum absolute atomic E-state index is 12.8. The first-order valence-corrected chi connectivity index (χ1v) is 8.72. The molecule has 0 aliphatic carbocycles. The van der Waals surface area contributed by atoms with Crippen LogP contribution in [0.5, 0.6) is 0 Å². The number of likely N-dealkylation sites (tertiary alicyclic amines) is 1. The highest BCUT2D eigenvalue weighted by Gasteiger charge is 2.33. The monoisotopic (exact) mass is 343 g/mol. The van der Waals surface area contributed by atoms with Gasteiger partial charge in [0.05, 0.1) is 11.6 Å². The van der Waals surface area contributed by atoms with Gasteiger partial charge < -0.3 is 14.6 Å². The highest BCUT2D eigenvalue weighted by atomic mass is 16.5. The quantitative estimate of drug-likeness (QED) is 0.876. The maximum atomic E-state index is 12.8. The molecule has 8 heteroatoms. The van der Waals surface area contributed by atoms with E-state index in [0.717, 1.165) is 50.5 Å². The number of aromatic nitrogens is 4. The van der Waals surface area contributed by atoms with Gasteiger partial charge in [-0.3, -0.25) is 14.7 Å². The van der Waals surface area contributed by atoms with E-state index >= 15 is 0 Å². The first-order valence-electron chi connectivity index (χ1n) is 8.72. The van der Waals surface area contributed by atoms with Crippen LogP contribution in [0.15, 0.2) is 23.1 Å². The molecule has 0 saturated carbocycles. The second-order valence-electron chi connectivity index (χ2n) is 6.56. The highest BCUT2D eigenvalue weighted by Crippen LogP contribution is 2.32. The summed E-state index contributed by atoms with van der Waals surface area (Å²) in [6.45, 7) is 2.17. The predicted molar refractivity (Wildman–Crippen MR) is 89.3 cm³/mol. The number of ether oxygens (including phenoxy) is 1. The summed E-state index contributed by atoms with van der Waals surface area (Å²) in [5.74, 6) is 1.80. The van der Waals surface area contributed by atoms with Crippen LogP contribution in [0.2, 0.25) is 0 Å². The minimum atomic E-state index is -0.217. The molecule has 2 aromatic heterocycles. The number of nitrogens with one attached hydrogen (secondary N) is 2. The Bertz CT molecular complexity index is 788. The number of aromatic amines is 2. The van der Waals surface area contributed by atoms with Crippen molar-refractivity contribution < 1.29 is 9.53 Å². The maximum Gasteiger partial charge on any atom is 0.255 e. The Morgan fingerprint density at radius 1 is 1.24 bits per heavy atom. The Balaban J connectivity index is 1.53. The van der Waals surface area contributed by atoms with E-state index < -0.39 is 0 Å². The number of hydrogen-bond donors (Lipinski definition) is 2. The lowest BCUT2D eigenvalue weighted by atomic mass is 10.00. The van der Waals surface area contributed by atoms with Crippen molar-refractivity contribution in [2.24, 2.45) is 0 Å². The Hall–Kier alpha value is -2.48. The number of hydrogen-bond acceptors (Lipinski definition) is 5. The van der Waals surface area contributed by atoms with Crippen molar-refractivity contribution in [1.29, 1.82) is 0 Å². The fourth-order valence-electron chi connectivity index (χ4n) is 3.58. The third-order valence-electron chi connectivity index (χ3n) is 4.97. The lowest BCUT2D eigenvalue weighted by Gasteiger charge is -2.23. The zero-order valence-electron chi connectivity index (χ0n) is 13.9. The molecule has 25 heavy (non-hydrogen) atoms. The summed E-state index contributed by atoms with van der Waals surface area (Å²) in [4.78, 5) is 33.0. The lowest BCUT2D eigenvalue weighted by molar-refractivity contribution is 0.0729. The number of H-pyrrole nitrogens is 2. The van der Waals surface area contributed by atoms with Crippen LogP contribution < -0.4 is 5.56 Å². The van der Waals surface area contributed by atoms with Gasteiger partial charge in [-0.05, 0) is 31.7 Å². The SMILES string of the molecule is O=C(c1ccc(=O)[nH]c1)N1CCCC1c1nc(C2CCOCC2)n[nH]1. The second-order valence-corrected chi connectivity index (χ2v) is 6.56. The summed E-state index contributed by atoms with van der Waals surface area (Å²) in [7, 11) is 0. The van der Waals surface area contributed by atoms with E-state index in [0.29, 0.717) is 18.0 Å². The zero-order chi connectivity index (χ0) is 17.2. The summed E-state index contributed by atoms with van der Waals surface area (Å²) in [5, 5.41) is 7.42. The third-order valence-corrected chi connectivity index (χ3v) is 4.97. The number of carbonyl (C=O) groups is 1. The molecule has 1 atom stereocenters. The van der Waals surface area contributed by atoms with Crippen LogP contribution in [0.3, 0.4) is 0 Å². The Labute approximate surface area is 144 Å². The van der Waals surface area contributed by atoms with Gasteiger partial charge in [0.15, 0.2) is 5.82 Å². The average Bonchev–Trinajstić information content (AvgIpc) is 3.32. The van der Waals surface area contributed by atoms with Crippen molar-refractivity contribution in [2.45, 2.75) is 37.6 Å². The largest absolute Gasteiger partial charge is 0.381 e. The van der Waals surface area contributed by atoms with Crippen LogP contribution in [0.1, 0.15) is 59.6 Å². The Kier molecular flexibility index (Phi) is 4.35. The molecule has 2 aliphatic heterocycles. The molecule has 0 bridgehead atoms. The van der Waals surface area contributed by atoms with Crippen LogP contribution >= 0.6 is 0 Å². The van der Waals surface area contributed by atoms with Crippen molar-refractivity contribution in [2.75, 3.05) is 19.8 Å². The fraction of sp³-hybridized carbons (Fsp3) is 0.529. The van der Waals surface area contributed by atoms with Gasteiger partial charge >= 0.3 is 0 Å². The first-order chi connectivity index (χ1) is 12.2. The molecule has 0 spiro atoms. The summed E-state index contributed by atoms with van der Waals surface area (Å²) in [6, 6.07) is 2.83. The van der Waals surface area contributed by atoms with Gasteiger partial charge in [0.1, 0.15) is 5.82 Å². The van der Waals surface area contributed by atoms with Crippen LogP contribution in [0, 0.1) is 0 Å². The molecular weight excluding hydrogens is 322 g/mol. The average molecular weight is 343 g/mol. The van der Waals surface area contributed by atoms with E-state index in [2.05, 4.69) is 20.2 Å². The van der Waals surface area contributed by atoms with E-state index in [1.165, 1.54) is 12.3 Å². The standard InChI is InChI=1S/C17H21N5O3/c23-14-4-3-12(10-18-14)17(24)22-7-1-2-13(22)16-19-15(20-21-16)11-5-8-25-9-6-11/h3-4,10-11,13H,1-2,5-9H2,(H,18,23)(H,19,20,21). The summed E-state index contributed by atoms with van der Waals surface area (Å²) >= 11 is 0. The Morgan fingerprint density at radius 3 is 2.84 bits per heavy atom. The highest BCUT2D eigenvalue weighted by molar-refractivity contribution is 5.94. The molecule has 2 saturated heterocycles. The van der Waals surface area contributed by atoms with Crippen molar-refractivity contribution in [3.63, 3.8) is 0 Å². The molecular formula is C17H21N5O3. The van der Waals surface area contributed by atoms with E-state index in [1.807, 2.05) is 4.90 Å². The number of rotatable bonds is 3. The van der Waals surface area contributed by atoms with E-state index in [1.54, 1.807) is 6.07 Å². The van der Waals surface area contributed by atoms with Gasteiger partial charge in [-0.2, -0.15) is 5.10 Å². The lowest BCUT2D eigenvalue weighted by Crippen LogP contribution is -2.31. The van der Waals surface area contributed by atoms with Crippen LogP contribution in [0.25, 0.3) is 0 Å². The molecule has 1 amide bonds. The molecule has 2 aliphatic rings. The number of nitrogens with zero attached hydrogens (tertiary/aromatic N) is 3. The molecule has 4 rings (SSSR count). The van der Waals surface area contributed by atoms with Gasteiger partial charge in [-0.25, -0.2) is 4.98 Å². The van der Waals surface area contributed by atoms with E-state index in [9.17, 15) is 9.59 Å². The molecule has 8 nitrogen and oxygen atoms in total. The summed E-state index contributed by atoms with van der Waals surface area (Å²) < 4.78 is 5.39. The molecule has 0 radical (unpaired) electrons. The van der Waals surface area contributed by atoms with Crippen molar-refractivity contribution in [1.82, 2.24) is 25.1 Å². The molecule has 4 heterocycles. The molecule has 132 valence electrons. The second kappa shape index (κ2) is 6.79. The number of carbonyl (C=O) groups excluding carboxylic acids is 1. The van der Waals surface area contributed by atoms with Crippen molar-refractivity contribution in [3.05, 3.63) is 45.9 Å². The first kappa shape index (κ1) is 16.0. The smallest absolute Gasteiger partial charge is 0.255 e. The normalized spacial score (nSPS) is 21.6. The van der Waals surface area contributed by atoms with Gasteiger partial charge in [0.2, 0.25) is 5.56 Å². The molecule has 2 fully saturated rings. The van der Waals surface area contributed by atoms with Crippen LogP contribution in [-0.2, 0) is 4.74 Å². The van der Waals surface area contributed by atoms with Gasteiger partial charge in [0.25, 0.3) is 5.91 Å². The molecule has 0 aromatic carbocycles. The third kappa shape index (κ3) is 3.21. The van der Waals surface area contributed by atoms with Crippen molar-refractivity contribution >= 4 is 5.91 Å². The predicted octanol–water partition coefficient (Wildman–Crippen LogP) is 1.36. The minimum Gasteiger partial charge on any atom is -0.381 e. The summed E-state index contributed by atoms with van der Waals surface area (Å²) in [5.41, 5.74) is 0.265. The van der Waals surface area contributed by atoms with E-state index in [-0.39, 0.29) is 17.5 Å². The molecule has 2 N–H and O–H groups in total. The molecule has 1 unspecified atom stereocenters. The summed E-state index contributed by atoms with van der Waals surface area (Å²) in [6.07, 6.45) is 5.11. The fourth-order valence-corrected chi connectivity index (χ4v) is 3.58.